The average Bonchev–Trinajstić information content (AvgIpc) is 1.89. The summed E-state index contributed by atoms with van der Waals surface area (Å²) >= 11 is 0. The van der Waals surface area contributed by atoms with E-state index < -0.39 is 0 Å². The van der Waals surface area contributed by atoms with Gasteiger partial charge >= 0.3 is 0 Å². The molecule has 0 aliphatic carbocycles. The molecule has 0 spiro atoms. The smallest absolute Gasteiger partial charge is 0.0536 e. The lowest BCUT2D eigenvalue weighted by atomic mass is 9.93. The van der Waals surface area contributed by atoms with Gasteiger partial charge in [-0.25, -0.2) is 0 Å². The van der Waals surface area contributed by atoms with E-state index in [1.165, 1.54) is 19.3 Å². The van der Waals surface area contributed by atoms with Gasteiger partial charge in [0.1, 0.15) is 0 Å². The van der Waals surface area contributed by atoms with Crippen molar-refractivity contribution in [2.45, 2.75) is 58.4 Å². The molecule has 0 saturated heterocycles. The highest BCUT2D eigenvalue weighted by molar-refractivity contribution is 4.88. The summed E-state index contributed by atoms with van der Waals surface area (Å²) in [5.41, 5.74) is 7.60. The van der Waals surface area contributed by atoms with Crippen LogP contribution in [-0.2, 0) is 0 Å². The first-order valence-corrected chi connectivity index (χ1v) is 4.37. The van der Waals surface area contributed by atoms with E-state index in [0.29, 0.717) is 0 Å². The normalized spacial score (nSPS) is 16.8. The van der Waals surface area contributed by atoms with Gasteiger partial charge in [0.2, 0.25) is 0 Å². The van der Waals surface area contributed by atoms with E-state index in [2.05, 4.69) is 13.8 Å². The number of nitrogens with one attached hydrogen (secondary N) is 1. The van der Waals surface area contributed by atoms with E-state index in [0.717, 1.165) is 12.8 Å². The molecule has 1 atom stereocenters. The van der Waals surface area contributed by atoms with Crippen molar-refractivity contribution in [2.24, 2.45) is 0 Å². The summed E-state index contributed by atoms with van der Waals surface area (Å²) in [6.45, 7) is 6.33. The maximum Gasteiger partial charge on any atom is -0.0536 e. The monoisotopic (exact) mass is 142 g/mol. The second-order valence-corrected chi connectivity index (χ2v) is 3.37. The molecular weight excluding hydrogens is 122 g/mol. The van der Waals surface area contributed by atoms with Gasteiger partial charge in [-0.3, -0.25) is 0 Å². The first kappa shape index (κ1) is 9.96. The molecule has 0 radical (unpaired) electrons. The summed E-state index contributed by atoms with van der Waals surface area (Å²) in [5, 5.41) is 0. The van der Waals surface area contributed by atoms with Crippen LogP contribution in [0.3, 0.4) is 0 Å². The maximum atomic E-state index is 7.75. The summed E-state index contributed by atoms with van der Waals surface area (Å²) < 4.78 is 0. The molecule has 1 N–H and O–H groups in total. The molecule has 0 bridgehead atoms. The Morgan fingerprint density at radius 3 is 2.20 bits per heavy atom. The Morgan fingerprint density at radius 1 is 1.20 bits per heavy atom. The van der Waals surface area contributed by atoms with Crippen LogP contribution in [-0.4, -0.2) is 5.54 Å². The number of unbranched alkanes of at least 4 members (excludes halogenated alkanes) is 2. The maximum absolute atomic E-state index is 7.75. The van der Waals surface area contributed by atoms with Crippen molar-refractivity contribution >= 4 is 0 Å². The lowest BCUT2D eigenvalue weighted by molar-refractivity contribution is 0.467. The van der Waals surface area contributed by atoms with Crippen LogP contribution in [0.5, 0.6) is 0 Å². The van der Waals surface area contributed by atoms with E-state index in [1.807, 2.05) is 6.92 Å². The van der Waals surface area contributed by atoms with E-state index in [4.69, 9.17) is 5.73 Å². The third-order valence-corrected chi connectivity index (χ3v) is 2.11. The van der Waals surface area contributed by atoms with Gasteiger partial charge in [-0.1, -0.05) is 52.9 Å². The van der Waals surface area contributed by atoms with E-state index >= 15 is 0 Å². The molecule has 10 heavy (non-hydrogen) atoms. The van der Waals surface area contributed by atoms with Crippen molar-refractivity contribution in [1.29, 1.82) is 0 Å². The highest BCUT2D eigenvalue weighted by Gasteiger charge is 2.04. The zero-order valence-corrected chi connectivity index (χ0v) is 7.54. The lowest BCUT2D eigenvalue weighted by Gasteiger charge is -2.33. The number of hydrogen-bond donors (Lipinski definition) is 0. The van der Waals surface area contributed by atoms with Crippen LogP contribution >= 0.6 is 0 Å². The highest BCUT2D eigenvalue weighted by Crippen LogP contribution is 2.21. The molecule has 0 aliphatic rings. The van der Waals surface area contributed by atoms with E-state index in [9.17, 15) is 0 Å². The summed E-state index contributed by atoms with van der Waals surface area (Å²) in [7, 11) is 0. The van der Waals surface area contributed by atoms with Gasteiger partial charge in [0.05, 0.1) is 0 Å². The molecule has 0 rings (SSSR count). The fraction of sp³-hybridized carbons (Fsp3) is 1.00. The largest absolute Gasteiger partial charge is 0.672 e. The summed E-state index contributed by atoms with van der Waals surface area (Å²) in [4.78, 5) is 0. The topological polar surface area (TPSA) is 23.8 Å². The molecule has 0 fully saturated rings. The zero-order chi connectivity index (χ0) is 8.04. The van der Waals surface area contributed by atoms with Crippen molar-refractivity contribution < 1.29 is 0 Å². The fourth-order valence-corrected chi connectivity index (χ4v) is 0.942. The Bertz CT molecular complexity index is 76.8. The third kappa shape index (κ3) is 4.80. The number of rotatable bonds is 5. The van der Waals surface area contributed by atoms with Crippen molar-refractivity contribution in [3.05, 3.63) is 5.73 Å². The standard InChI is InChI=1S/C9H20N/c1-4-6-7-8-9(3,10)5-2/h10H,4-8H2,1-3H3/q-1. The van der Waals surface area contributed by atoms with Crippen LogP contribution in [0.1, 0.15) is 52.9 Å². The molecule has 0 aromatic rings. The minimum Gasteiger partial charge on any atom is -0.672 e. The highest BCUT2D eigenvalue weighted by atomic mass is 14.7. The average molecular weight is 142 g/mol. The molecule has 0 saturated carbocycles. The van der Waals surface area contributed by atoms with Crippen molar-refractivity contribution in [3.63, 3.8) is 0 Å². The van der Waals surface area contributed by atoms with Gasteiger partial charge in [-0.15, -0.1) is 5.54 Å². The van der Waals surface area contributed by atoms with Crippen LogP contribution in [0.2, 0.25) is 0 Å². The Labute approximate surface area is 65.0 Å². The van der Waals surface area contributed by atoms with Gasteiger partial charge in [-0.05, 0) is 0 Å². The molecule has 0 heterocycles. The molecule has 1 nitrogen and oxygen atoms in total. The Morgan fingerprint density at radius 2 is 1.80 bits per heavy atom. The van der Waals surface area contributed by atoms with Gasteiger partial charge in [0.15, 0.2) is 0 Å². The van der Waals surface area contributed by atoms with Crippen molar-refractivity contribution in [3.8, 4) is 0 Å². The SMILES string of the molecule is CCCCCC(C)([NH-])CC. The van der Waals surface area contributed by atoms with Crippen LogP contribution in [0.25, 0.3) is 5.73 Å². The molecule has 0 aromatic carbocycles. The zero-order valence-electron chi connectivity index (χ0n) is 7.54. The van der Waals surface area contributed by atoms with Gasteiger partial charge in [0, 0.05) is 0 Å². The molecule has 0 aliphatic heterocycles. The van der Waals surface area contributed by atoms with Crippen LogP contribution in [0.4, 0.5) is 0 Å². The van der Waals surface area contributed by atoms with E-state index in [1.54, 1.807) is 0 Å². The Balaban J connectivity index is 3.28. The molecule has 1 unspecified atom stereocenters. The molecule has 1 heteroatoms. The second-order valence-electron chi connectivity index (χ2n) is 3.37. The summed E-state index contributed by atoms with van der Waals surface area (Å²) in [6.07, 6.45) is 5.83. The molecule has 0 aromatic heterocycles. The quantitative estimate of drug-likeness (QED) is 0.521. The van der Waals surface area contributed by atoms with Gasteiger partial charge in [-0.2, -0.15) is 0 Å². The minimum atomic E-state index is -0.158. The first-order valence-electron chi connectivity index (χ1n) is 4.37. The minimum absolute atomic E-state index is 0.158. The molecule has 62 valence electrons. The van der Waals surface area contributed by atoms with Crippen LogP contribution in [0, 0.1) is 0 Å². The summed E-state index contributed by atoms with van der Waals surface area (Å²) in [6, 6.07) is 0. The fourth-order valence-electron chi connectivity index (χ4n) is 0.942. The lowest BCUT2D eigenvalue weighted by Crippen LogP contribution is -2.16. The van der Waals surface area contributed by atoms with Crippen LogP contribution < -0.4 is 0 Å². The Hall–Kier alpha value is -0.0400. The van der Waals surface area contributed by atoms with Gasteiger partial charge in [0.25, 0.3) is 0 Å². The predicted molar refractivity (Wildman–Crippen MR) is 47.2 cm³/mol. The Kier molecular flexibility index (Phi) is 4.71. The molecule has 0 amide bonds. The first-order chi connectivity index (χ1) is 4.62. The van der Waals surface area contributed by atoms with Crippen molar-refractivity contribution in [2.75, 3.05) is 0 Å². The van der Waals surface area contributed by atoms with Crippen LogP contribution in [0.15, 0.2) is 0 Å². The third-order valence-electron chi connectivity index (χ3n) is 2.11. The summed E-state index contributed by atoms with van der Waals surface area (Å²) in [5.74, 6) is 0. The van der Waals surface area contributed by atoms with Gasteiger partial charge < -0.3 is 5.73 Å². The number of hydrogen-bond acceptors (Lipinski definition) is 0. The second kappa shape index (κ2) is 4.73. The molecular formula is C9H20N-. The predicted octanol–water partition coefficient (Wildman–Crippen LogP) is 3.79. The van der Waals surface area contributed by atoms with E-state index in [-0.39, 0.29) is 5.54 Å². The van der Waals surface area contributed by atoms with Crippen molar-refractivity contribution in [1.82, 2.24) is 0 Å².